The molecule has 1 aliphatic heterocycles. The number of benzene rings is 3. The Balaban J connectivity index is 1.41. The summed E-state index contributed by atoms with van der Waals surface area (Å²) in [7, 11) is 0. The van der Waals surface area contributed by atoms with Gasteiger partial charge in [-0.15, -0.1) is 0 Å². The van der Waals surface area contributed by atoms with Crippen molar-refractivity contribution in [3.05, 3.63) is 94.0 Å². The number of amides is 2. The fourth-order valence-corrected chi connectivity index (χ4v) is 3.87. The molecule has 2 atom stereocenters. The van der Waals surface area contributed by atoms with Crippen LogP contribution in [-0.2, 0) is 11.2 Å². The van der Waals surface area contributed by atoms with E-state index in [-0.39, 0.29) is 23.8 Å². The van der Waals surface area contributed by atoms with Crippen LogP contribution in [0.1, 0.15) is 34.5 Å². The molecule has 0 saturated carbocycles. The van der Waals surface area contributed by atoms with Crippen LogP contribution in [0, 0.1) is 5.92 Å². The van der Waals surface area contributed by atoms with Gasteiger partial charge in [0.2, 0.25) is 5.91 Å². The van der Waals surface area contributed by atoms with Gasteiger partial charge in [-0.2, -0.15) is 0 Å². The standard InChI is InChI=1S/C25H23BrN2O3/c1-16(17-5-3-2-4-6-17)27-25(30)20-13-19-14-22(11-12-23(19)31-15-20)28-24(29)18-7-9-21(26)10-8-18/h2-12,14,16,20H,13,15H2,1H3,(H,27,30)(H,28,29)/t16-,20-/m1/s1. The van der Waals surface area contributed by atoms with Crippen molar-refractivity contribution in [3.63, 3.8) is 0 Å². The van der Waals surface area contributed by atoms with Gasteiger partial charge in [-0.3, -0.25) is 9.59 Å². The van der Waals surface area contributed by atoms with Gasteiger partial charge in [0.1, 0.15) is 12.4 Å². The number of halogens is 1. The predicted molar refractivity (Wildman–Crippen MR) is 124 cm³/mol. The van der Waals surface area contributed by atoms with Crippen LogP contribution in [-0.4, -0.2) is 18.4 Å². The molecular formula is C25H23BrN2O3. The van der Waals surface area contributed by atoms with Crippen LogP contribution in [0.4, 0.5) is 5.69 Å². The lowest BCUT2D eigenvalue weighted by Gasteiger charge is -2.26. The van der Waals surface area contributed by atoms with Crippen molar-refractivity contribution in [1.29, 1.82) is 0 Å². The van der Waals surface area contributed by atoms with Crippen molar-refractivity contribution < 1.29 is 14.3 Å². The number of rotatable bonds is 5. The Morgan fingerprint density at radius 1 is 1.03 bits per heavy atom. The number of carbonyl (C=O) groups is 2. The van der Waals surface area contributed by atoms with Crippen molar-refractivity contribution in [2.24, 2.45) is 5.92 Å². The number of ether oxygens (including phenoxy) is 1. The van der Waals surface area contributed by atoms with Gasteiger partial charge in [-0.1, -0.05) is 46.3 Å². The van der Waals surface area contributed by atoms with Gasteiger partial charge in [0.25, 0.3) is 5.91 Å². The highest BCUT2D eigenvalue weighted by Gasteiger charge is 2.27. The van der Waals surface area contributed by atoms with Crippen LogP contribution in [0.5, 0.6) is 5.75 Å². The quantitative estimate of drug-likeness (QED) is 0.533. The summed E-state index contributed by atoms with van der Waals surface area (Å²) in [4.78, 5) is 25.3. The molecule has 3 aromatic carbocycles. The minimum absolute atomic E-state index is 0.0358. The molecule has 3 aromatic rings. The van der Waals surface area contributed by atoms with Crippen LogP contribution < -0.4 is 15.4 Å². The Bertz CT molecular complexity index is 1080. The minimum Gasteiger partial charge on any atom is -0.492 e. The zero-order valence-electron chi connectivity index (χ0n) is 17.1. The number of anilines is 1. The smallest absolute Gasteiger partial charge is 0.255 e. The first-order valence-corrected chi connectivity index (χ1v) is 11.0. The lowest BCUT2D eigenvalue weighted by atomic mass is 9.95. The van der Waals surface area contributed by atoms with Crippen molar-refractivity contribution in [2.45, 2.75) is 19.4 Å². The van der Waals surface area contributed by atoms with E-state index < -0.39 is 0 Å². The van der Waals surface area contributed by atoms with E-state index in [2.05, 4.69) is 26.6 Å². The van der Waals surface area contributed by atoms with E-state index in [9.17, 15) is 9.59 Å². The molecule has 0 aromatic heterocycles. The first-order valence-electron chi connectivity index (χ1n) is 10.2. The highest BCUT2D eigenvalue weighted by molar-refractivity contribution is 9.10. The van der Waals surface area contributed by atoms with Crippen LogP contribution in [0.15, 0.2) is 77.3 Å². The largest absolute Gasteiger partial charge is 0.492 e. The summed E-state index contributed by atoms with van der Waals surface area (Å²) >= 11 is 3.37. The Morgan fingerprint density at radius 2 is 1.77 bits per heavy atom. The SMILES string of the molecule is C[C@@H](NC(=O)[C@H]1COc2ccc(NC(=O)c3ccc(Br)cc3)cc2C1)c1ccccc1. The molecule has 0 bridgehead atoms. The molecule has 1 heterocycles. The molecule has 5 nitrogen and oxygen atoms in total. The summed E-state index contributed by atoms with van der Waals surface area (Å²) < 4.78 is 6.74. The Labute approximate surface area is 189 Å². The van der Waals surface area contributed by atoms with Gasteiger partial charge in [0.05, 0.1) is 12.0 Å². The summed E-state index contributed by atoms with van der Waals surface area (Å²) in [5.41, 5.74) is 3.22. The normalized spacial score (nSPS) is 15.9. The third-order valence-electron chi connectivity index (χ3n) is 5.36. The van der Waals surface area contributed by atoms with E-state index in [1.165, 1.54) is 0 Å². The fourth-order valence-electron chi connectivity index (χ4n) is 3.60. The second kappa shape index (κ2) is 9.35. The number of carbonyl (C=O) groups excluding carboxylic acids is 2. The van der Waals surface area contributed by atoms with Gasteiger partial charge in [0.15, 0.2) is 0 Å². The molecule has 31 heavy (non-hydrogen) atoms. The molecule has 0 radical (unpaired) electrons. The van der Waals surface area contributed by atoms with E-state index in [0.717, 1.165) is 21.3 Å². The molecular weight excluding hydrogens is 456 g/mol. The summed E-state index contributed by atoms with van der Waals surface area (Å²) in [5.74, 6) is 0.249. The van der Waals surface area contributed by atoms with Crippen LogP contribution in [0.2, 0.25) is 0 Å². The van der Waals surface area contributed by atoms with E-state index in [1.807, 2.05) is 67.6 Å². The molecule has 0 fully saturated rings. The van der Waals surface area contributed by atoms with Crippen molar-refractivity contribution in [3.8, 4) is 5.75 Å². The summed E-state index contributed by atoms with van der Waals surface area (Å²) in [6.45, 7) is 2.31. The zero-order chi connectivity index (χ0) is 21.8. The second-order valence-electron chi connectivity index (χ2n) is 7.64. The molecule has 0 saturated heterocycles. The lowest BCUT2D eigenvalue weighted by molar-refractivity contribution is -0.126. The van der Waals surface area contributed by atoms with E-state index in [0.29, 0.717) is 24.3 Å². The highest BCUT2D eigenvalue weighted by atomic mass is 79.9. The summed E-state index contributed by atoms with van der Waals surface area (Å²) in [6, 6.07) is 22.5. The van der Waals surface area contributed by atoms with Gasteiger partial charge in [0, 0.05) is 15.7 Å². The number of hydrogen-bond acceptors (Lipinski definition) is 3. The maximum absolute atomic E-state index is 12.8. The zero-order valence-corrected chi connectivity index (χ0v) is 18.7. The average Bonchev–Trinajstić information content (AvgIpc) is 2.79. The molecule has 2 N–H and O–H groups in total. The Morgan fingerprint density at radius 3 is 2.52 bits per heavy atom. The molecule has 0 aliphatic carbocycles. The molecule has 4 rings (SSSR count). The average molecular weight is 479 g/mol. The summed E-state index contributed by atoms with van der Waals surface area (Å²) in [6.07, 6.45) is 0.560. The van der Waals surface area contributed by atoms with Gasteiger partial charge >= 0.3 is 0 Å². The van der Waals surface area contributed by atoms with E-state index in [4.69, 9.17) is 4.74 Å². The van der Waals surface area contributed by atoms with Gasteiger partial charge < -0.3 is 15.4 Å². The Kier molecular flexibility index (Phi) is 6.37. The van der Waals surface area contributed by atoms with Crippen LogP contribution >= 0.6 is 15.9 Å². The third kappa shape index (κ3) is 5.14. The van der Waals surface area contributed by atoms with E-state index in [1.54, 1.807) is 12.1 Å². The van der Waals surface area contributed by atoms with Gasteiger partial charge in [-0.25, -0.2) is 0 Å². The second-order valence-corrected chi connectivity index (χ2v) is 8.55. The predicted octanol–water partition coefficient (Wildman–Crippen LogP) is 5.13. The molecule has 6 heteroatoms. The topological polar surface area (TPSA) is 67.4 Å². The number of fused-ring (bicyclic) bond motifs is 1. The van der Waals surface area contributed by atoms with Crippen molar-refractivity contribution in [2.75, 3.05) is 11.9 Å². The summed E-state index contributed by atoms with van der Waals surface area (Å²) in [5, 5.41) is 5.99. The first kappa shape index (κ1) is 21.1. The number of hydrogen-bond donors (Lipinski definition) is 2. The molecule has 0 unspecified atom stereocenters. The number of nitrogens with one attached hydrogen (secondary N) is 2. The molecule has 0 spiro atoms. The maximum Gasteiger partial charge on any atom is 0.255 e. The molecule has 1 aliphatic rings. The molecule has 2 amide bonds. The fraction of sp³-hybridized carbons (Fsp3) is 0.200. The van der Waals surface area contributed by atoms with Crippen molar-refractivity contribution in [1.82, 2.24) is 5.32 Å². The molecule has 158 valence electrons. The van der Waals surface area contributed by atoms with Gasteiger partial charge in [-0.05, 0) is 66.9 Å². The van der Waals surface area contributed by atoms with Crippen LogP contribution in [0.3, 0.4) is 0 Å². The maximum atomic E-state index is 12.8. The first-order chi connectivity index (χ1) is 15.0. The Hall–Kier alpha value is -3.12. The lowest BCUT2D eigenvalue weighted by Crippen LogP contribution is -2.38. The minimum atomic E-state index is -0.281. The third-order valence-corrected chi connectivity index (χ3v) is 5.89. The van der Waals surface area contributed by atoms with E-state index >= 15 is 0 Å². The monoisotopic (exact) mass is 478 g/mol. The highest BCUT2D eigenvalue weighted by Crippen LogP contribution is 2.30. The van der Waals surface area contributed by atoms with Crippen molar-refractivity contribution >= 4 is 33.4 Å². The van der Waals surface area contributed by atoms with Crippen LogP contribution in [0.25, 0.3) is 0 Å².